The van der Waals surface area contributed by atoms with Crippen molar-refractivity contribution in [3.05, 3.63) is 46.5 Å². The SMILES string of the molecule is FC(F)(F)Oc1ccc(CNCCc2cnc[nH]2)cc1Br. The third-order valence-corrected chi connectivity index (χ3v) is 3.30. The van der Waals surface area contributed by atoms with Crippen LogP contribution in [-0.2, 0) is 13.0 Å². The zero-order chi connectivity index (χ0) is 15.3. The van der Waals surface area contributed by atoms with E-state index in [4.69, 9.17) is 0 Å². The molecule has 0 fully saturated rings. The van der Waals surface area contributed by atoms with Crippen molar-refractivity contribution in [1.29, 1.82) is 0 Å². The fraction of sp³-hybridized carbons (Fsp3) is 0.308. The van der Waals surface area contributed by atoms with E-state index >= 15 is 0 Å². The van der Waals surface area contributed by atoms with Crippen LogP contribution in [0.3, 0.4) is 0 Å². The smallest absolute Gasteiger partial charge is 0.405 e. The Hall–Kier alpha value is -1.54. The summed E-state index contributed by atoms with van der Waals surface area (Å²) in [7, 11) is 0. The Morgan fingerprint density at radius 3 is 2.76 bits per heavy atom. The number of hydrogen-bond donors (Lipinski definition) is 2. The summed E-state index contributed by atoms with van der Waals surface area (Å²) in [6, 6.07) is 4.49. The van der Waals surface area contributed by atoms with Gasteiger partial charge in [-0.15, -0.1) is 13.2 Å². The van der Waals surface area contributed by atoms with Gasteiger partial charge in [-0.3, -0.25) is 0 Å². The van der Waals surface area contributed by atoms with Gasteiger partial charge in [0.2, 0.25) is 0 Å². The Balaban J connectivity index is 1.82. The van der Waals surface area contributed by atoms with Crippen molar-refractivity contribution in [2.75, 3.05) is 6.54 Å². The van der Waals surface area contributed by atoms with Crippen LogP contribution in [0.2, 0.25) is 0 Å². The lowest BCUT2D eigenvalue weighted by Crippen LogP contribution is -2.18. The first kappa shape index (κ1) is 15.8. The average Bonchev–Trinajstić information content (AvgIpc) is 2.89. The lowest BCUT2D eigenvalue weighted by atomic mass is 10.2. The van der Waals surface area contributed by atoms with Gasteiger partial charge in [0, 0.05) is 31.4 Å². The lowest BCUT2D eigenvalue weighted by molar-refractivity contribution is -0.274. The van der Waals surface area contributed by atoms with E-state index in [0.717, 1.165) is 24.2 Å². The van der Waals surface area contributed by atoms with E-state index in [0.29, 0.717) is 6.54 Å². The molecule has 1 heterocycles. The number of nitrogens with zero attached hydrogens (tertiary/aromatic N) is 1. The molecule has 0 bridgehead atoms. The molecule has 2 rings (SSSR count). The number of aromatic nitrogens is 2. The number of H-pyrrole nitrogens is 1. The molecule has 0 saturated carbocycles. The maximum absolute atomic E-state index is 12.1. The number of alkyl halides is 3. The van der Waals surface area contributed by atoms with E-state index in [-0.39, 0.29) is 10.2 Å². The van der Waals surface area contributed by atoms with E-state index in [1.807, 2.05) is 0 Å². The summed E-state index contributed by atoms with van der Waals surface area (Å²) in [6.07, 6.45) is -0.518. The van der Waals surface area contributed by atoms with Gasteiger partial charge in [0.15, 0.2) is 0 Å². The van der Waals surface area contributed by atoms with Crippen LogP contribution >= 0.6 is 15.9 Å². The molecule has 0 atom stereocenters. The minimum absolute atomic E-state index is 0.247. The summed E-state index contributed by atoms with van der Waals surface area (Å²) in [6.45, 7) is 1.29. The van der Waals surface area contributed by atoms with Crippen LogP contribution in [0.1, 0.15) is 11.3 Å². The van der Waals surface area contributed by atoms with Crippen molar-refractivity contribution in [3.8, 4) is 5.75 Å². The summed E-state index contributed by atoms with van der Waals surface area (Å²) in [4.78, 5) is 6.91. The summed E-state index contributed by atoms with van der Waals surface area (Å²) in [5.41, 5.74) is 1.89. The maximum atomic E-state index is 12.1. The van der Waals surface area contributed by atoms with Crippen LogP contribution in [0.25, 0.3) is 0 Å². The quantitative estimate of drug-likeness (QED) is 0.773. The number of halogens is 4. The fourth-order valence-corrected chi connectivity index (χ4v) is 2.25. The van der Waals surface area contributed by atoms with Crippen LogP contribution in [0, 0.1) is 0 Å². The van der Waals surface area contributed by atoms with Gasteiger partial charge < -0.3 is 15.0 Å². The maximum Gasteiger partial charge on any atom is 0.573 e. The first-order valence-electron chi connectivity index (χ1n) is 6.16. The van der Waals surface area contributed by atoms with Gasteiger partial charge in [0.1, 0.15) is 5.75 Å². The molecule has 0 radical (unpaired) electrons. The second kappa shape index (κ2) is 6.95. The first-order chi connectivity index (χ1) is 9.94. The summed E-state index contributed by atoms with van der Waals surface area (Å²) in [5.74, 6) is -0.247. The van der Waals surface area contributed by atoms with Crippen molar-refractivity contribution in [2.45, 2.75) is 19.3 Å². The molecule has 21 heavy (non-hydrogen) atoms. The molecule has 0 spiro atoms. The molecule has 0 aliphatic carbocycles. The van der Waals surface area contributed by atoms with E-state index in [2.05, 4.69) is 36.0 Å². The Kier molecular flexibility index (Phi) is 5.24. The first-order valence-corrected chi connectivity index (χ1v) is 6.95. The molecular weight excluding hydrogens is 351 g/mol. The number of benzene rings is 1. The van der Waals surface area contributed by atoms with Crippen molar-refractivity contribution < 1.29 is 17.9 Å². The minimum Gasteiger partial charge on any atom is -0.405 e. The van der Waals surface area contributed by atoms with Gasteiger partial charge in [-0.05, 0) is 33.6 Å². The zero-order valence-electron chi connectivity index (χ0n) is 10.9. The zero-order valence-corrected chi connectivity index (χ0v) is 12.5. The summed E-state index contributed by atoms with van der Waals surface area (Å²) < 4.78 is 40.6. The van der Waals surface area contributed by atoms with Gasteiger partial charge in [0.25, 0.3) is 0 Å². The Morgan fingerprint density at radius 2 is 2.14 bits per heavy atom. The van der Waals surface area contributed by atoms with Gasteiger partial charge in [-0.25, -0.2) is 4.98 Å². The number of aromatic amines is 1. The highest BCUT2D eigenvalue weighted by Crippen LogP contribution is 2.30. The Bertz CT molecular complexity index is 573. The lowest BCUT2D eigenvalue weighted by Gasteiger charge is -2.11. The predicted octanol–water partition coefficient (Wildman–Crippen LogP) is 3.40. The number of hydrogen-bond acceptors (Lipinski definition) is 3. The molecule has 1 aromatic heterocycles. The van der Waals surface area contributed by atoms with Crippen LogP contribution in [0.5, 0.6) is 5.75 Å². The molecule has 114 valence electrons. The Morgan fingerprint density at radius 1 is 1.33 bits per heavy atom. The molecule has 1 aromatic carbocycles. The van der Waals surface area contributed by atoms with E-state index in [9.17, 15) is 13.2 Å². The molecular formula is C13H13BrF3N3O. The minimum atomic E-state index is -4.69. The van der Waals surface area contributed by atoms with Crippen molar-refractivity contribution in [1.82, 2.24) is 15.3 Å². The number of nitrogens with one attached hydrogen (secondary N) is 2. The molecule has 2 aromatic rings. The molecule has 0 aliphatic rings. The van der Waals surface area contributed by atoms with Gasteiger partial charge in [0.05, 0.1) is 10.8 Å². The van der Waals surface area contributed by atoms with Crippen molar-refractivity contribution in [3.63, 3.8) is 0 Å². The highest BCUT2D eigenvalue weighted by atomic mass is 79.9. The molecule has 0 amide bonds. The highest BCUT2D eigenvalue weighted by Gasteiger charge is 2.31. The normalized spacial score (nSPS) is 11.6. The van der Waals surface area contributed by atoms with E-state index < -0.39 is 6.36 Å². The fourth-order valence-electron chi connectivity index (χ4n) is 1.74. The van der Waals surface area contributed by atoms with Gasteiger partial charge >= 0.3 is 6.36 Å². The largest absolute Gasteiger partial charge is 0.573 e. The van der Waals surface area contributed by atoms with E-state index in [1.165, 1.54) is 6.07 Å². The second-order valence-electron chi connectivity index (χ2n) is 4.32. The number of imidazole rings is 1. The molecule has 0 saturated heterocycles. The standard InChI is InChI=1S/C13H13BrF3N3O/c14-11-5-9(1-2-12(11)21-13(15,16)17)6-18-4-3-10-7-19-8-20-10/h1-2,5,7-8,18H,3-4,6H2,(H,19,20). The van der Waals surface area contributed by atoms with Gasteiger partial charge in [-0.1, -0.05) is 6.07 Å². The van der Waals surface area contributed by atoms with Crippen molar-refractivity contribution >= 4 is 15.9 Å². The number of ether oxygens (including phenoxy) is 1. The second-order valence-corrected chi connectivity index (χ2v) is 5.17. The molecule has 2 N–H and O–H groups in total. The third-order valence-electron chi connectivity index (χ3n) is 2.68. The molecule has 0 aliphatic heterocycles. The highest BCUT2D eigenvalue weighted by molar-refractivity contribution is 9.10. The van der Waals surface area contributed by atoms with Crippen LogP contribution in [-0.4, -0.2) is 22.9 Å². The summed E-state index contributed by atoms with van der Waals surface area (Å²) >= 11 is 3.07. The molecule has 4 nitrogen and oxygen atoms in total. The monoisotopic (exact) mass is 363 g/mol. The molecule has 0 unspecified atom stereocenters. The molecule has 8 heteroatoms. The third kappa shape index (κ3) is 5.39. The predicted molar refractivity (Wildman–Crippen MR) is 74.8 cm³/mol. The average molecular weight is 364 g/mol. The van der Waals surface area contributed by atoms with Gasteiger partial charge in [-0.2, -0.15) is 0 Å². The number of rotatable bonds is 6. The Labute approximate surface area is 127 Å². The summed E-state index contributed by atoms with van der Waals surface area (Å²) in [5, 5.41) is 3.20. The van der Waals surface area contributed by atoms with Crippen LogP contribution in [0.4, 0.5) is 13.2 Å². The van der Waals surface area contributed by atoms with Crippen LogP contribution in [0.15, 0.2) is 35.2 Å². The van der Waals surface area contributed by atoms with Crippen molar-refractivity contribution in [2.24, 2.45) is 0 Å². The van der Waals surface area contributed by atoms with E-state index in [1.54, 1.807) is 24.7 Å². The topological polar surface area (TPSA) is 49.9 Å². The van der Waals surface area contributed by atoms with Crippen LogP contribution < -0.4 is 10.1 Å².